The number of rotatable bonds is 0. The molecule has 4 unspecified atom stereocenters. The van der Waals surface area contributed by atoms with Gasteiger partial charge < -0.3 is 4.74 Å². The molecular weight excluding hydrogens is 314 g/mol. The van der Waals surface area contributed by atoms with Crippen molar-refractivity contribution in [2.75, 3.05) is 0 Å². The number of hydrogen-bond acceptors (Lipinski definition) is 2. The molecule has 2 rings (SSSR count). The van der Waals surface area contributed by atoms with Gasteiger partial charge in [0, 0.05) is 5.38 Å². The van der Waals surface area contributed by atoms with Crippen LogP contribution in [0.3, 0.4) is 0 Å². The molecule has 0 aromatic rings. The number of fused-ring (bicyclic) bond motifs is 1. The molecule has 1 saturated carbocycles. The summed E-state index contributed by atoms with van der Waals surface area (Å²) in [5, 5.41) is 0.117. The summed E-state index contributed by atoms with van der Waals surface area (Å²) < 4.78 is 6.23. The standard InChI is InChI=1S/C10H12ClIO2/c1-5-2-9-6(3-7(5)11)10(13)8(12)4-14-9/h4-7,9H,2-3H2,1H3. The van der Waals surface area contributed by atoms with Gasteiger partial charge in [-0.05, 0) is 41.4 Å². The quantitative estimate of drug-likeness (QED) is 0.505. The van der Waals surface area contributed by atoms with Crippen LogP contribution in [-0.4, -0.2) is 17.3 Å². The van der Waals surface area contributed by atoms with Gasteiger partial charge in [-0.3, -0.25) is 4.79 Å². The lowest BCUT2D eigenvalue weighted by atomic mass is 9.77. The minimum Gasteiger partial charge on any atom is -0.496 e. The second kappa shape index (κ2) is 4.00. The summed E-state index contributed by atoms with van der Waals surface area (Å²) >= 11 is 8.20. The first-order valence-corrected chi connectivity index (χ1v) is 6.30. The Kier molecular flexibility index (Phi) is 3.07. The first-order chi connectivity index (χ1) is 6.59. The van der Waals surface area contributed by atoms with Gasteiger partial charge in [-0.2, -0.15) is 0 Å². The highest BCUT2D eigenvalue weighted by Gasteiger charge is 2.41. The Bertz CT molecular complexity index is 290. The zero-order valence-electron chi connectivity index (χ0n) is 7.87. The Balaban J connectivity index is 2.18. The number of ketones is 1. The smallest absolute Gasteiger partial charge is 0.178 e. The topological polar surface area (TPSA) is 26.3 Å². The summed E-state index contributed by atoms with van der Waals surface area (Å²) in [7, 11) is 0. The van der Waals surface area contributed by atoms with Crippen molar-refractivity contribution in [3.63, 3.8) is 0 Å². The predicted molar refractivity (Wildman–Crippen MR) is 63.5 cm³/mol. The van der Waals surface area contributed by atoms with Gasteiger partial charge in [0.05, 0.1) is 9.50 Å². The Morgan fingerprint density at radius 1 is 1.57 bits per heavy atom. The third kappa shape index (κ3) is 1.81. The molecule has 1 aliphatic carbocycles. The molecule has 4 atom stereocenters. The van der Waals surface area contributed by atoms with Crippen molar-refractivity contribution in [3.8, 4) is 0 Å². The van der Waals surface area contributed by atoms with E-state index < -0.39 is 0 Å². The highest BCUT2D eigenvalue weighted by molar-refractivity contribution is 14.1. The van der Waals surface area contributed by atoms with Gasteiger partial charge in [0.25, 0.3) is 0 Å². The van der Waals surface area contributed by atoms with E-state index in [4.69, 9.17) is 16.3 Å². The number of ether oxygens (including phenoxy) is 1. The van der Waals surface area contributed by atoms with Crippen molar-refractivity contribution in [1.82, 2.24) is 0 Å². The number of Topliss-reactive ketones (excluding diaryl/α,β-unsaturated/α-hetero) is 1. The number of carbonyl (C=O) groups is 1. The van der Waals surface area contributed by atoms with Crippen LogP contribution < -0.4 is 0 Å². The summed E-state index contributed by atoms with van der Waals surface area (Å²) in [4.78, 5) is 11.8. The largest absolute Gasteiger partial charge is 0.496 e. The fourth-order valence-corrected chi connectivity index (χ4v) is 2.96. The molecule has 2 nitrogen and oxygen atoms in total. The Labute approximate surface area is 102 Å². The van der Waals surface area contributed by atoms with Crippen LogP contribution in [0.4, 0.5) is 0 Å². The first-order valence-electron chi connectivity index (χ1n) is 4.79. The maximum atomic E-state index is 11.8. The van der Waals surface area contributed by atoms with Crippen molar-refractivity contribution >= 4 is 40.0 Å². The lowest BCUT2D eigenvalue weighted by Gasteiger charge is -2.38. The average molecular weight is 327 g/mol. The van der Waals surface area contributed by atoms with E-state index in [2.05, 4.69) is 6.92 Å². The third-order valence-electron chi connectivity index (χ3n) is 3.07. The SMILES string of the molecule is CC1CC2OC=C(I)C(=O)C2CC1Cl. The molecule has 2 aliphatic rings. The Morgan fingerprint density at radius 2 is 2.29 bits per heavy atom. The molecule has 78 valence electrons. The third-order valence-corrected chi connectivity index (χ3v) is 4.46. The van der Waals surface area contributed by atoms with E-state index in [1.807, 2.05) is 22.6 Å². The van der Waals surface area contributed by atoms with Crippen LogP contribution in [0, 0.1) is 11.8 Å². The van der Waals surface area contributed by atoms with Gasteiger partial charge >= 0.3 is 0 Å². The predicted octanol–water partition coefficient (Wildman–Crippen LogP) is 2.88. The molecule has 0 radical (unpaired) electrons. The fourth-order valence-electron chi connectivity index (χ4n) is 2.11. The molecule has 0 aromatic carbocycles. The summed E-state index contributed by atoms with van der Waals surface area (Å²) in [6, 6.07) is 0. The van der Waals surface area contributed by atoms with E-state index in [0.717, 1.165) is 12.8 Å². The van der Waals surface area contributed by atoms with Crippen LogP contribution in [0.15, 0.2) is 9.84 Å². The van der Waals surface area contributed by atoms with Crippen molar-refractivity contribution in [1.29, 1.82) is 0 Å². The van der Waals surface area contributed by atoms with E-state index in [0.29, 0.717) is 9.50 Å². The van der Waals surface area contributed by atoms with Gasteiger partial charge in [0.15, 0.2) is 5.78 Å². The van der Waals surface area contributed by atoms with Crippen molar-refractivity contribution in [2.24, 2.45) is 11.8 Å². The summed E-state index contributed by atoms with van der Waals surface area (Å²) in [5.41, 5.74) is 0. The van der Waals surface area contributed by atoms with Gasteiger partial charge in [-0.1, -0.05) is 6.92 Å². The van der Waals surface area contributed by atoms with Gasteiger partial charge in [-0.25, -0.2) is 0 Å². The minimum absolute atomic E-state index is 0.00870. The molecule has 14 heavy (non-hydrogen) atoms. The van der Waals surface area contributed by atoms with E-state index in [9.17, 15) is 4.79 Å². The zero-order valence-corrected chi connectivity index (χ0v) is 10.8. The van der Waals surface area contributed by atoms with Crippen LogP contribution in [0.1, 0.15) is 19.8 Å². The molecular formula is C10H12ClIO2. The molecule has 4 heteroatoms. The number of hydrogen-bond donors (Lipinski definition) is 0. The van der Waals surface area contributed by atoms with Gasteiger partial charge in [0.1, 0.15) is 12.4 Å². The molecule has 0 bridgehead atoms. The number of carbonyl (C=O) groups excluding carboxylic acids is 1. The Morgan fingerprint density at radius 3 is 3.00 bits per heavy atom. The van der Waals surface area contributed by atoms with Crippen LogP contribution in [0.25, 0.3) is 0 Å². The zero-order chi connectivity index (χ0) is 10.3. The molecule has 1 aliphatic heterocycles. The number of halogens is 2. The minimum atomic E-state index is -0.00870. The highest BCUT2D eigenvalue weighted by atomic mass is 127. The molecule has 1 fully saturated rings. The van der Waals surface area contributed by atoms with E-state index in [1.54, 1.807) is 6.26 Å². The molecule has 0 amide bonds. The monoisotopic (exact) mass is 326 g/mol. The van der Waals surface area contributed by atoms with Crippen molar-refractivity contribution in [3.05, 3.63) is 9.84 Å². The van der Waals surface area contributed by atoms with Crippen molar-refractivity contribution < 1.29 is 9.53 Å². The van der Waals surface area contributed by atoms with Gasteiger partial charge in [-0.15, -0.1) is 11.6 Å². The molecule has 0 saturated heterocycles. The van der Waals surface area contributed by atoms with E-state index in [1.165, 1.54) is 0 Å². The second-order valence-corrected chi connectivity index (χ2v) is 5.80. The lowest BCUT2D eigenvalue weighted by Crippen LogP contribution is -2.42. The Hall–Kier alpha value is 0.230. The van der Waals surface area contributed by atoms with E-state index >= 15 is 0 Å². The maximum Gasteiger partial charge on any atom is 0.178 e. The second-order valence-electron chi connectivity index (χ2n) is 4.08. The number of allylic oxidation sites excluding steroid dienone is 1. The van der Waals surface area contributed by atoms with Crippen LogP contribution in [-0.2, 0) is 9.53 Å². The van der Waals surface area contributed by atoms with Crippen molar-refractivity contribution in [2.45, 2.75) is 31.2 Å². The molecule has 0 aromatic heterocycles. The van der Waals surface area contributed by atoms with Crippen LogP contribution >= 0.6 is 34.2 Å². The molecule has 0 N–H and O–H groups in total. The lowest BCUT2D eigenvalue weighted by molar-refractivity contribution is -0.126. The molecule has 1 heterocycles. The first kappa shape index (κ1) is 10.7. The normalized spacial score (nSPS) is 42.5. The summed E-state index contributed by atoms with van der Waals surface area (Å²) in [5.74, 6) is 0.639. The number of alkyl halides is 1. The highest BCUT2D eigenvalue weighted by Crippen LogP contribution is 2.39. The van der Waals surface area contributed by atoms with Crippen LogP contribution in [0.5, 0.6) is 0 Å². The van der Waals surface area contributed by atoms with E-state index in [-0.39, 0.29) is 23.2 Å². The van der Waals surface area contributed by atoms with Gasteiger partial charge in [0.2, 0.25) is 0 Å². The average Bonchev–Trinajstić information content (AvgIpc) is 2.15. The fraction of sp³-hybridized carbons (Fsp3) is 0.700. The van der Waals surface area contributed by atoms with Crippen LogP contribution in [0.2, 0.25) is 0 Å². The maximum absolute atomic E-state index is 11.8. The molecule has 0 spiro atoms. The summed E-state index contributed by atoms with van der Waals surface area (Å²) in [6.07, 6.45) is 3.30. The summed E-state index contributed by atoms with van der Waals surface area (Å²) in [6.45, 7) is 2.12.